The van der Waals surface area contributed by atoms with Crippen LogP contribution < -0.4 is 5.32 Å². The molecular formula is C14H28N2. The number of hydrogen-bond acceptors (Lipinski definition) is 2. The number of hydrogen-bond donors (Lipinski definition) is 1. The van der Waals surface area contributed by atoms with Gasteiger partial charge in [-0.05, 0) is 64.2 Å². The van der Waals surface area contributed by atoms with Gasteiger partial charge in [-0.15, -0.1) is 6.58 Å². The Morgan fingerprint density at radius 1 is 1.38 bits per heavy atom. The summed E-state index contributed by atoms with van der Waals surface area (Å²) in [7, 11) is 2.06. The number of allylic oxidation sites excluding steroid dienone is 1. The molecule has 2 nitrogen and oxygen atoms in total. The molecule has 2 atom stereocenters. The van der Waals surface area contributed by atoms with E-state index in [0.717, 1.165) is 12.5 Å². The highest BCUT2D eigenvalue weighted by atomic mass is 15.1. The SMILES string of the molecule is C=CC(CC)CC(CNC)CN1CCCC1. The Hall–Kier alpha value is -0.340. The summed E-state index contributed by atoms with van der Waals surface area (Å²) < 4.78 is 0. The van der Waals surface area contributed by atoms with Crippen LogP contribution in [0.2, 0.25) is 0 Å². The molecule has 1 fully saturated rings. The molecule has 0 bridgehead atoms. The lowest BCUT2D eigenvalue weighted by molar-refractivity contribution is 0.251. The molecular weight excluding hydrogens is 196 g/mol. The van der Waals surface area contributed by atoms with E-state index >= 15 is 0 Å². The molecule has 0 aromatic heterocycles. The molecule has 16 heavy (non-hydrogen) atoms. The predicted molar refractivity (Wildman–Crippen MR) is 71.7 cm³/mol. The van der Waals surface area contributed by atoms with E-state index in [4.69, 9.17) is 0 Å². The van der Waals surface area contributed by atoms with Crippen molar-refractivity contribution in [2.45, 2.75) is 32.6 Å². The smallest absolute Gasteiger partial charge is 0.00220 e. The van der Waals surface area contributed by atoms with Crippen LogP contribution in [0, 0.1) is 11.8 Å². The van der Waals surface area contributed by atoms with Gasteiger partial charge in [0.1, 0.15) is 0 Å². The Labute approximate surface area is 101 Å². The van der Waals surface area contributed by atoms with E-state index in [9.17, 15) is 0 Å². The van der Waals surface area contributed by atoms with Crippen molar-refractivity contribution in [2.24, 2.45) is 11.8 Å². The minimum atomic E-state index is 0.695. The van der Waals surface area contributed by atoms with Crippen LogP contribution in [0.4, 0.5) is 0 Å². The van der Waals surface area contributed by atoms with E-state index in [2.05, 4.69) is 36.8 Å². The van der Waals surface area contributed by atoms with Crippen molar-refractivity contribution < 1.29 is 0 Å². The standard InChI is InChI=1S/C14H28N2/c1-4-13(5-2)10-14(11-15-3)12-16-8-6-7-9-16/h4,13-15H,1,5-12H2,2-3H3. The maximum atomic E-state index is 3.94. The van der Waals surface area contributed by atoms with Crippen molar-refractivity contribution in [1.29, 1.82) is 0 Å². The summed E-state index contributed by atoms with van der Waals surface area (Å²) in [6, 6.07) is 0. The molecule has 0 aromatic carbocycles. The van der Waals surface area contributed by atoms with Crippen molar-refractivity contribution >= 4 is 0 Å². The maximum Gasteiger partial charge on any atom is 0.00220 e. The van der Waals surface area contributed by atoms with Crippen molar-refractivity contribution in [3.8, 4) is 0 Å². The van der Waals surface area contributed by atoms with Crippen LogP contribution in [0.1, 0.15) is 32.6 Å². The largest absolute Gasteiger partial charge is 0.319 e. The van der Waals surface area contributed by atoms with Crippen molar-refractivity contribution in [2.75, 3.05) is 33.2 Å². The Kier molecular flexibility index (Phi) is 6.74. The predicted octanol–water partition coefficient (Wildman–Crippen LogP) is 2.52. The van der Waals surface area contributed by atoms with Crippen LogP contribution in [-0.2, 0) is 0 Å². The Balaban J connectivity index is 2.35. The van der Waals surface area contributed by atoms with Crippen LogP contribution in [0.5, 0.6) is 0 Å². The molecule has 0 aliphatic carbocycles. The first-order valence-electron chi connectivity index (χ1n) is 6.79. The van der Waals surface area contributed by atoms with E-state index < -0.39 is 0 Å². The Bertz CT molecular complexity index is 185. The number of rotatable bonds is 8. The van der Waals surface area contributed by atoms with Crippen LogP contribution in [0.3, 0.4) is 0 Å². The monoisotopic (exact) mass is 224 g/mol. The normalized spacial score (nSPS) is 20.9. The van der Waals surface area contributed by atoms with Gasteiger partial charge in [0.2, 0.25) is 0 Å². The third-order valence-corrected chi connectivity index (χ3v) is 3.70. The molecule has 1 N–H and O–H groups in total. The second kappa shape index (κ2) is 7.86. The van der Waals surface area contributed by atoms with Gasteiger partial charge >= 0.3 is 0 Å². The number of likely N-dealkylation sites (tertiary alicyclic amines) is 1. The van der Waals surface area contributed by atoms with Gasteiger partial charge in [0.15, 0.2) is 0 Å². The summed E-state index contributed by atoms with van der Waals surface area (Å²) in [6.07, 6.45) is 7.43. The van der Waals surface area contributed by atoms with E-state index in [-0.39, 0.29) is 0 Å². The van der Waals surface area contributed by atoms with Gasteiger partial charge in [0.05, 0.1) is 0 Å². The first-order valence-corrected chi connectivity index (χ1v) is 6.79. The molecule has 94 valence electrons. The lowest BCUT2D eigenvalue weighted by Gasteiger charge is -2.25. The summed E-state index contributed by atoms with van der Waals surface area (Å²) in [5.74, 6) is 1.48. The fourth-order valence-corrected chi connectivity index (χ4v) is 2.70. The molecule has 2 heteroatoms. The number of nitrogens with one attached hydrogen (secondary N) is 1. The van der Waals surface area contributed by atoms with Gasteiger partial charge in [-0.25, -0.2) is 0 Å². The second-order valence-electron chi connectivity index (χ2n) is 5.07. The zero-order valence-corrected chi connectivity index (χ0v) is 11.0. The summed E-state index contributed by atoms with van der Waals surface area (Å²) in [4.78, 5) is 2.62. The first-order chi connectivity index (χ1) is 7.80. The van der Waals surface area contributed by atoms with Gasteiger partial charge in [0, 0.05) is 6.54 Å². The molecule has 1 aliphatic rings. The van der Waals surface area contributed by atoms with E-state index in [1.807, 2.05) is 0 Å². The van der Waals surface area contributed by atoms with Crippen molar-refractivity contribution in [3.63, 3.8) is 0 Å². The molecule has 1 aliphatic heterocycles. The van der Waals surface area contributed by atoms with Gasteiger partial charge in [-0.1, -0.05) is 13.0 Å². The molecule has 1 saturated heterocycles. The van der Waals surface area contributed by atoms with Crippen molar-refractivity contribution in [3.05, 3.63) is 12.7 Å². The van der Waals surface area contributed by atoms with Gasteiger partial charge in [-0.3, -0.25) is 0 Å². The molecule has 2 unspecified atom stereocenters. The van der Waals surface area contributed by atoms with E-state index in [0.29, 0.717) is 5.92 Å². The highest BCUT2D eigenvalue weighted by Crippen LogP contribution is 2.19. The lowest BCUT2D eigenvalue weighted by atomic mass is 9.92. The second-order valence-corrected chi connectivity index (χ2v) is 5.07. The zero-order valence-electron chi connectivity index (χ0n) is 11.0. The topological polar surface area (TPSA) is 15.3 Å². The molecule has 0 amide bonds. The van der Waals surface area contributed by atoms with Crippen LogP contribution >= 0.6 is 0 Å². The average Bonchev–Trinajstić information content (AvgIpc) is 2.78. The van der Waals surface area contributed by atoms with Crippen LogP contribution in [0.15, 0.2) is 12.7 Å². The summed E-state index contributed by atoms with van der Waals surface area (Å²) in [5.41, 5.74) is 0. The van der Waals surface area contributed by atoms with Crippen LogP contribution in [-0.4, -0.2) is 38.1 Å². The minimum absolute atomic E-state index is 0.695. The fraction of sp³-hybridized carbons (Fsp3) is 0.857. The average molecular weight is 224 g/mol. The zero-order chi connectivity index (χ0) is 11.8. The fourth-order valence-electron chi connectivity index (χ4n) is 2.70. The minimum Gasteiger partial charge on any atom is -0.319 e. The maximum absolute atomic E-state index is 3.94. The summed E-state index contributed by atoms with van der Waals surface area (Å²) in [5, 5.41) is 3.33. The lowest BCUT2D eigenvalue weighted by Crippen LogP contribution is -2.33. The molecule has 1 heterocycles. The first kappa shape index (κ1) is 13.7. The van der Waals surface area contributed by atoms with E-state index in [1.54, 1.807) is 0 Å². The molecule has 0 radical (unpaired) electrons. The Morgan fingerprint density at radius 2 is 2.06 bits per heavy atom. The van der Waals surface area contributed by atoms with Crippen molar-refractivity contribution in [1.82, 2.24) is 10.2 Å². The van der Waals surface area contributed by atoms with Gasteiger partial charge < -0.3 is 10.2 Å². The highest BCUT2D eigenvalue weighted by molar-refractivity contribution is 4.82. The van der Waals surface area contributed by atoms with E-state index in [1.165, 1.54) is 45.3 Å². The molecule has 0 aromatic rings. The third kappa shape index (κ3) is 4.67. The molecule has 0 saturated carbocycles. The summed E-state index contributed by atoms with van der Waals surface area (Å²) in [6.45, 7) is 11.2. The summed E-state index contributed by atoms with van der Waals surface area (Å²) >= 11 is 0. The van der Waals surface area contributed by atoms with Crippen LogP contribution in [0.25, 0.3) is 0 Å². The van der Waals surface area contributed by atoms with Gasteiger partial charge in [0.25, 0.3) is 0 Å². The number of nitrogens with zero attached hydrogens (tertiary/aromatic N) is 1. The molecule has 0 spiro atoms. The Morgan fingerprint density at radius 3 is 2.56 bits per heavy atom. The van der Waals surface area contributed by atoms with Gasteiger partial charge in [-0.2, -0.15) is 0 Å². The highest BCUT2D eigenvalue weighted by Gasteiger charge is 2.18. The third-order valence-electron chi connectivity index (χ3n) is 3.70. The quantitative estimate of drug-likeness (QED) is 0.637. The molecule has 1 rings (SSSR count).